The first-order valence-electron chi connectivity index (χ1n) is 5.73. The van der Waals surface area contributed by atoms with E-state index in [0.717, 1.165) is 0 Å². The molecule has 0 unspecified atom stereocenters. The summed E-state index contributed by atoms with van der Waals surface area (Å²) in [7, 11) is 2.88. The molecule has 10 nitrogen and oxygen atoms in total. The van der Waals surface area contributed by atoms with Crippen molar-refractivity contribution in [3.05, 3.63) is 24.2 Å². The number of hydrogen-bond donors (Lipinski definition) is 3. The molecule has 2 rings (SSSR count). The number of nitrogens with two attached hydrogens (primary N) is 1. The molecule has 0 fully saturated rings. The molecule has 2 aromatic heterocycles. The van der Waals surface area contributed by atoms with Crippen LogP contribution in [0.25, 0.3) is 0 Å². The SMILES string of the molecule is COc1cc(OC)nc(NC(=O)c2cnc(NN)cn2)n1. The molecule has 0 saturated heterocycles. The zero-order chi connectivity index (χ0) is 15.2. The lowest BCUT2D eigenvalue weighted by atomic mass is 10.4. The average molecular weight is 291 g/mol. The topological polar surface area (TPSA) is 137 Å². The maximum absolute atomic E-state index is 12.0. The second-order valence-corrected chi connectivity index (χ2v) is 3.66. The van der Waals surface area contributed by atoms with E-state index in [1.807, 2.05) is 0 Å². The number of methoxy groups -OCH3 is 2. The van der Waals surface area contributed by atoms with Crippen LogP contribution in [0, 0.1) is 0 Å². The minimum atomic E-state index is -0.527. The number of hydrazine groups is 1. The maximum Gasteiger partial charge on any atom is 0.278 e. The molecule has 10 heteroatoms. The number of nitrogens with one attached hydrogen (secondary N) is 2. The normalized spacial score (nSPS) is 9.86. The third-order valence-corrected chi connectivity index (χ3v) is 2.36. The molecule has 0 spiro atoms. The molecule has 4 N–H and O–H groups in total. The van der Waals surface area contributed by atoms with E-state index in [1.165, 1.54) is 32.7 Å². The Morgan fingerprint density at radius 3 is 2.29 bits per heavy atom. The molecule has 21 heavy (non-hydrogen) atoms. The summed E-state index contributed by atoms with van der Waals surface area (Å²) in [5.41, 5.74) is 2.39. The fourth-order valence-electron chi connectivity index (χ4n) is 1.35. The van der Waals surface area contributed by atoms with Crippen molar-refractivity contribution in [1.82, 2.24) is 19.9 Å². The first-order chi connectivity index (χ1) is 10.2. The molecular weight excluding hydrogens is 278 g/mol. The van der Waals surface area contributed by atoms with Crippen LogP contribution in [0.5, 0.6) is 11.8 Å². The zero-order valence-electron chi connectivity index (χ0n) is 11.3. The van der Waals surface area contributed by atoms with E-state index in [0.29, 0.717) is 5.82 Å². The first kappa shape index (κ1) is 14.4. The van der Waals surface area contributed by atoms with Crippen LogP contribution in [0.2, 0.25) is 0 Å². The van der Waals surface area contributed by atoms with Crippen molar-refractivity contribution >= 4 is 17.7 Å². The molecule has 0 aliphatic carbocycles. The van der Waals surface area contributed by atoms with E-state index in [4.69, 9.17) is 15.3 Å². The van der Waals surface area contributed by atoms with Gasteiger partial charge in [0.15, 0.2) is 5.82 Å². The van der Waals surface area contributed by atoms with Gasteiger partial charge in [-0.05, 0) is 0 Å². The molecule has 0 aliphatic rings. The highest BCUT2D eigenvalue weighted by atomic mass is 16.5. The van der Waals surface area contributed by atoms with E-state index in [1.54, 1.807) is 0 Å². The van der Waals surface area contributed by atoms with Crippen molar-refractivity contribution in [2.45, 2.75) is 0 Å². The largest absolute Gasteiger partial charge is 0.481 e. The summed E-state index contributed by atoms with van der Waals surface area (Å²) >= 11 is 0. The van der Waals surface area contributed by atoms with Crippen molar-refractivity contribution < 1.29 is 14.3 Å². The van der Waals surface area contributed by atoms with Crippen molar-refractivity contribution in [3.8, 4) is 11.8 Å². The predicted octanol–water partition coefficient (Wildman–Crippen LogP) is -0.178. The van der Waals surface area contributed by atoms with Gasteiger partial charge in [-0.2, -0.15) is 9.97 Å². The Bertz CT molecular complexity index is 610. The maximum atomic E-state index is 12.0. The quantitative estimate of drug-likeness (QED) is 0.506. The van der Waals surface area contributed by atoms with E-state index >= 15 is 0 Å². The van der Waals surface area contributed by atoms with Crippen LogP contribution in [0.3, 0.4) is 0 Å². The number of nitrogens with zero attached hydrogens (tertiary/aromatic N) is 4. The van der Waals surface area contributed by atoms with Crippen molar-refractivity contribution in [3.63, 3.8) is 0 Å². The van der Waals surface area contributed by atoms with Gasteiger partial charge in [-0.15, -0.1) is 0 Å². The van der Waals surface area contributed by atoms with Gasteiger partial charge in [0.25, 0.3) is 5.91 Å². The van der Waals surface area contributed by atoms with E-state index in [-0.39, 0.29) is 23.4 Å². The van der Waals surface area contributed by atoms with Crippen LogP contribution in [-0.2, 0) is 0 Å². The summed E-state index contributed by atoms with van der Waals surface area (Å²) in [6.07, 6.45) is 2.59. The number of carbonyl (C=O) groups is 1. The van der Waals surface area contributed by atoms with Gasteiger partial charge in [-0.3, -0.25) is 10.1 Å². The zero-order valence-corrected chi connectivity index (χ0v) is 11.3. The van der Waals surface area contributed by atoms with Crippen LogP contribution in [-0.4, -0.2) is 40.1 Å². The molecule has 0 saturated carbocycles. The molecule has 0 aromatic carbocycles. The summed E-state index contributed by atoms with van der Waals surface area (Å²) in [6, 6.07) is 1.48. The molecule has 0 radical (unpaired) electrons. The lowest BCUT2D eigenvalue weighted by molar-refractivity contribution is 0.102. The molecule has 110 valence electrons. The molecule has 0 aliphatic heterocycles. The lowest BCUT2D eigenvalue weighted by Crippen LogP contribution is -2.17. The van der Waals surface area contributed by atoms with Crippen LogP contribution in [0.15, 0.2) is 18.5 Å². The van der Waals surface area contributed by atoms with E-state index in [9.17, 15) is 4.79 Å². The van der Waals surface area contributed by atoms with Gasteiger partial charge in [-0.25, -0.2) is 15.8 Å². The van der Waals surface area contributed by atoms with Crippen LogP contribution >= 0.6 is 0 Å². The number of carbonyl (C=O) groups excluding carboxylic acids is 1. The van der Waals surface area contributed by atoms with E-state index < -0.39 is 5.91 Å². The van der Waals surface area contributed by atoms with Gasteiger partial charge in [0.2, 0.25) is 17.7 Å². The Hall–Kier alpha value is -3.01. The Balaban J connectivity index is 2.18. The Labute approximate surface area is 119 Å². The average Bonchev–Trinajstić information content (AvgIpc) is 2.54. The highest BCUT2D eigenvalue weighted by Crippen LogP contribution is 2.17. The third-order valence-electron chi connectivity index (χ3n) is 2.36. The van der Waals surface area contributed by atoms with Gasteiger partial charge in [0.05, 0.1) is 32.7 Å². The summed E-state index contributed by atoms with van der Waals surface area (Å²) in [5.74, 6) is 5.51. The van der Waals surface area contributed by atoms with Crippen molar-refractivity contribution in [1.29, 1.82) is 0 Å². The van der Waals surface area contributed by atoms with E-state index in [2.05, 4.69) is 30.7 Å². The number of nitrogen functional groups attached to an aromatic ring is 1. The smallest absolute Gasteiger partial charge is 0.278 e. The predicted molar refractivity (Wildman–Crippen MR) is 72.9 cm³/mol. The highest BCUT2D eigenvalue weighted by Gasteiger charge is 2.12. The number of aromatic nitrogens is 4. The number of amides is 1. The minimum Gasteiger partial charge on any atom is -0.481 e. The van der Waals surface area contributed by atoms with Gasteiger partial charge < -0.3 is 14.9 Å². The van der Waals surface area contributed by atoms with Gasteiger partial charge in [0.1, 0.15) is 5.69 Å². The third kappa shape index (κ3) is 3.51. The Morgan fingerprint density at radius 1 is 1.14 bits per heavy atom. The molecule has 0 bridgehead atoms. The number of anilines is 2. The van der Waals surface area contributed by atoms with Crippen LogP contribution in [0.1, 0.15) is 10.5 Å². The molecule has 2 aromatic rings. The Kier molecular flexibility index (Phi) is 4.41. The van der Waals surface area contributed by atoms with Crippen molar-refractivity contribution in [2.75, 3.05) is 25.0 Å². The fraction of sp³-hybridized carbons (Fsp3) is 0.182. The number of ether oxygens (including phenoxy) is 2. The summed E-state index contributed by atoms with van der Waals surface area (Å²) in [5, 5.41) is 2.47. The van der Waals surface area contributed by atoms with Crippen molar-refractivity contribution in [2.24, 2.45) is 5.84 Å². The number of rotatable bonds is 5. The first-order valence-corrected chi connectivity index (χ1v) is 5.73. The second-order valence-electron chi connectivity index (χ2n) is 3.66. The molecule has 2 heterocycles. The van der Waals surface area contributed by atoms with Crippen LogP contribution < -0.4 is 26.1 Å². The molecule has 0 atom stereocenters. The summed E-state index contributed by atoms with van der Waals surface area (Å²) in [4.78, 5) is 27.7. The summed E-state index contributed by atoms with van der Waals surface area (Å²) < 4.78 is 9.96. The fourth-order valence-corrected chi connectivity index (χ4v) is 1.35. The van der Waals surface area contributed by atoms with Crippen LogP contribution in [0.4, 0.5) is 11.8 Å². The molecule has 1 amide bonds. The highest BCUT2D eigenvalue weighted by molar-refractivity contribution is 6.01. The Morgan fingerprint density at radius 2 is 1.81 bits per heavy atom. The van der Waals surface area contributed by atoms with Gasteiger partial charge in [0, 0.05) is 0 Å². The second kappa shape index (κ2) is 6.43. The lowest BCUT2D eigenvalue weighted by Gasteiger charge is -2.07. The van der Waals surface area contributed by atoms with Gasteiger partial charge >= 0.3 is 0 Å². The van der Waals surface area contributed by atoms with Gasteiger partial charge in [-0.1, -0.05) is 0 Å². The standard InChI is InChI=1S/C11H13N7O3/c1-20-8-3-9(21-2)16-11(15-8)17-10(19)6-4-14-7(18-12)5-13-6/h3-5H,12H2,1-2H3,(H,14,18)(H,15,16,17,19). The monoisotopic (exact) mass is 291 g/mol. The number of hydrogen-bond acceptors (Lipinski definition) is 9. The molecular formula is C11H13N7O3. The minimum absolute atomic E-state index is 0.0269. The summed E-state index contributed by atoms with van der Waals surface area (Å²) in [6.45, 7) is 0.